The Bertz CT molecular complexity index is 589. The van der Waals surface area contributed by atoms with E-state index >= 15 is 0 Å². The molecule has 4 heteroatoms. The summed E-state index contributed by atoms with van der Waals surface area (Å²) in [7, 11) is 1.69. The summed E-state index contributed by atoms with van der Waals surface area (Å²) in [6, 6.07) is 0. The number of carbonyl (C=O) groups is 2. The maximum atomic E-state index is 12.8. The lowest BCUT2D eigenvalue weighted by Gasteiger charge is -2.61. The van der Waals surface area contributed by atoms with Crippen molar-refractivity contribution in [2.24, 2.45) is 40.4 Å². The number of ketones is 1. The number of methoxy groups -OCH3 is 1. The van der Waals surface area contributed by atoms with Gasteiger partial charge in [0.25, 0.3) is 0 Å². The third kappa shape index (κ3) is 2.85. The summed E-state index contributed by atoms with van der Waals surface area (Å²) in [5, 5.41) is 0. The summed E-state index contributed by atoms with van der Waals surface area (Å²) < 4.78 is 11.0. The molecule has 0 heterocycles. The van der Waals surface area contributed by atoms with Crippen LogP contribution in [0.3, 0.4) is 0 Å². The molecule has 0 radical (unpaired) electrons. The topological polar surface area (TPSA) is 52.6 Å². The zero-order valence-corrected chi connectivity index (χ0v) is 17.2. The molecule has 4 fully saturated rings. The van der Waals surface area contributed by atoms with Crippen molar-refractivity contribution < 1.29 is 19.1 Å². The van der Waals surface area contributed by atoms with E-state index < -0.39 is 0 Å². The molecule has 4 rings (SSSR count). The monoisotopic (exact) mass is 376 g/mol. The summed E-state index contributed by atoms with van der Waals surface area (Å²) in [5.74, 6) is 2.74. The third-order valence-electron chi connectivity index (χ3n) is 9.44. The zero-order chi connectivity index (χ0) is 19.2. The summed E-state index contributed by atoms with van der Waals surface area (Å²) >= 11 is 0. The van der Waals surface area contributed by atoms with Gasteiger partial charge in [-0.05, 0) is 93.8 Å². The highest BCUT2D eigenvalue weighted by atomic mass is 16.7. The van der Waals surface area contributed by atoms with Gasteiger partial charge in [0.2, 0.25) is 0 Å². The van der Waals surface area contributed by atoms with Crippen molar-refractivity contribution >= 4 is 12.1 Å². The fraction of sp³-hybridized carbons (Fsp3) is 0.913. The molecule has 0 aromatic rings. The molecule has 152 valence electrons. The van der Waals surface area contributed by atoms with Crippen LogP contribution in [-0.4, -0.2) is 32.1 Å². The van der Waals surface area contributed by atoms with E-state index in [0.717, 1.165) is 50.7 Å². The van der Waals surface area contributed by atoms with Gasteiger partial charge >= 0.3 is 0 Å². The molecule has 0 saturated heterocycles. The number of carbonyl (C=O) groups excluding carboxylic acids is 2. The number of rotatable bonds is 5. The number of Topliss-reactive ketones (excluding diaryl/α,β-unsaturated/α-hetero) is 1. The smallest absolute Gasteiger partial charge is 0.146 e. The summed E-state index contributed by atoms with van der Waals surface area (Å²) in [4.78, 5) is 24.5. The Morgan fingerprint density at radius 1 is 1.07 bits per heavy atom. The Labute approximate surface area is 163 Å². The summed E-state index contributed by atoms with van der Waals surface area (Å²) in [6.45, 7) is 4.67. The molecule has 0 amide bonds. The van der Waals surface area contributed by atoms with Gasteiger partial charge in [0.05, 0.1) is 6.10 Å². The lowest BCUT2D eigenvalue weighted by molar-refractivity contribution is -0.163. The van der Waals surface area contributed by atoms with E-state index in [1.807, 2.05) is 0 Å². The lowest BCUT2D eigenvalue weighted by atomic mass is 9.44. The van der Waals surface area contributed by atoms with Crippen LogP contribution in [0.2, 0.25) is 0 Å². The molecule has 0 aromatic heterocycles. The first-order valence-electron chi connectivity index (χ1n) is 11.0. The van der Waals surface area contributed by atoms with Crippen LogP contribution in [0.1, 0.15) is 71.6 Å². The van der Waals surface area contributed by atoms with E-state index in [4.69, 9.17) is 9.47 Å². The minimum atomic E-state index is -0.342. The van der Waals surface area contributed by atoms with Gasteiger partial charge in [0.1, 0.15) is 18.9 Å². The van der Waals surface area contributed by atoms with Gasteiger partial charge in [-0.3, -0.25) is 4.79 Å². The summed E-state index contributed by atoms with van der Waals surface area (Å²) in [6.07, 6.45) is 11.5. The number of hydrogen-bond donors (Lipinski definition) is 0. The fourth-order valence-electron chi connectivity index (χ4n) is 8.14. The Balaban J connectivity index is 1.56. The zero-order valence-electron chi connectivity index (χ0n) is 17.2. The predicted octanol–water partition coefficient (Wildman–Crippen LogP) is 4.40. The van der Waals surface area contributed by atoms with E-state index in [0.29, 0.717) is 36.1 Å². The largest absolute Gasteiger partial charge is 0.359 e. The molecule has 27 heavy (non-hydrogen) atoms. The number of hydrogen-bond acceptors (Lipinski definition) is 4. The molecule has 0 aliphatic heterocycles. The first kappa shape index (κ1) is 19.6. The highest BCUT2D eigenvalue weighted by Crippen LogP contribution is 2.67. The molecule has 0 bridgehead atoms. The Hall–Kier alpha value is -0.740. The first-order chi connectivity index (χ1) is 13.0. The molecule has 4 saturated carbocycles. The van der Waals surface area contributed by atoms with E-state index in [-0.39, 0.29) is 17.1 Å². The van der Waals surface area contributed by atoms with Gasteiger partial charge in [-0.15, -0.1) is 0 Å². The molecule has 0 spiro atoms. The molecule has 0 aromatic carbocycles. The molecule has 4 aliphatic carbocycles. The van der Waals surface area contributed by atoms with Crippen molar-refractivity contribution in [1.82, 2.24) is 0 Å². The maximum absolute atomic E-state index is 12.8. The van der Waals surface area contributed by atoms with Crippen LogP contribution < -0.4 is 0 Å². The van der Waals surface area contributed by atoms with Gasteiger partial charge in [-0.2, -0.15) is 0 Å². The second kappa shape index (κ2) is 7.26. The summed E-state index contributed by atoms with van der Waals surface area (Å²) in [5.41, 5.74) is 0.0307. The quantitative estimate of drug-likeness (QED) is 0.527. The highest BCUT2D eigenvalue weighted by molar-refractivity contribution is 5.87. The van der Waals surface area contributed by atoms with Gasteiger partial charge in [0.15, 0.2) is 0 Å². The average Bonchev–Trinajstić information content (AvgIpc) is 3.06. The van der Waals surface area contributed by atoms with Crippen molar-refractivity contribution in [3.63, 3.8) is 0 Å². The standard InChI is InChI=1S/C23H36O4/c1-15(25)23-11-9-20-19(21(23)7-5-17(23)13-24)6-4-16-12-18(27-14-26-3)8-10-22(16,20)2/h13,16-21H,4-12,14H2,1-3H3/t16-,17+,18+,19+,20-,21-,22-,23-/m0/s1. The molecule has 4 nitrogen and oxygen atoms in total. The van der Waals surface area contributed by atoms with Gasteiger partial charge in [0, 0.05) is 18.4 Å². The van der Waals surface area contributed by atoms with Crippen LogP contribution in [0.15, 0.2) is 0 Å². The van der Waals surface area contributed by atoms with Crippen molar-refractivity contribution in [3.05, 3.63) is 0 Å². The normalized spacial score (nSPS) is 49.0. The second-order valence-electron chi connectivity index (χ2n) is 10.1. The van der Waals surface area contributed by atoms with E-state index in [2.05, 4.69) is 6.92 Å². The van der Waals surface area contributed by atoms with Gasteiger partial charge in [-0.25, -0.2) is 0 Å². The lowest BCUT2D eigenvalue weighted by Crippen LogP contribution is -2.56. The van der Waals surface area contributed by atoms with E-state index in [9.17, 15) is 9.59 Å². The minimum Gasteiger partial charge on any atom is -0.359 e. The van der Waals surface area contributed by atoms with Crippen molar-refractivity contribution in [2.45, 2.75) is 77.7 Å². The minimum absolute atomic E-state index is 0.0374. The van der Waals surface area contributed by atoms with Crippen LogP contribution in [0.4, 0.5) is 0 Å². The van der Waals surface area contributed by atoms with Crippen molar-refractivity contribution in [3.8, 4) is 0 Å². The van der Waals surface area contributed by atoms with Gasteiger partial charge in [-0.1, -0.05) is 6.92 Å². The molecular weight excluding hydrogens is 340 g/mol. The van der Waals surface area contributed by atoms with Crippen molar-refractivity contribution in [1.29, 1.82) is 0 Å². The van der Waals surface area contributed by atoms with Gasteiger partial charge < -0.3 is 14.3 Å². The van der Waals surface area contributed by atoms with Crippen LogP contribution in [0.5, 0.6) is 0 Å². The average molecular weight is 377 g/mol. The van der Waals surface area contributed by atoms with E-state index in [1.54, 1.807) is 14.0 Å². The Morgan fingerprint density at radius 2 is 1.89 bits per heavy atom. The molecule has 0 unspecified atom stereocenters. The van der Waals surface area contributed by atoms with Crippen LogP contribution in [0, 0.1) is 40.4 Å². The SMILES string of the molecule is COCO[C@@H]1CC[C@@]2(C)[C@@H](CC[C@@H]3[C@@H]2CC[C@]2(C(C)=O)[C@@H](C=O)CC[C@@H]32)C1. The Morgan fingerprint density at radius 3 is 2.59 bits per heavy atom. The number of ether oxygens (including phenoxy) is 2. The second-order valence-corrected chi connectivity index (χ2v) is 10.1. The van der Waals surface area contributed by atoms with E-state index in [1.165, 1.54) is 19.3 Å². The maximum Gasteiger partial charge on any atom is 0.146 e. The van der Waals surface area contributed by atoms with Crippen LogP contribution in [-0.2, 0) is 19.1 Å². The Kier molecular flexibility index (Phi) is 5.26. The van der Waals surface area contributed by atoms with Crippen LogP contribution >= 0.6 is 0 Å². The molecular formula is C23H36O4. The number of fused-ring (bicyclic) bond motifs is 5. The number of aldehydes is 1. The molecule has 8 atom stereocenters. The van der Waals surface area contributed by atoms with Crippen LogP contribution in [0.25, 0.3) is 0 Å². The van der Waals surface area contributed by atoms with Crippen molar-refractivity contribution in [2.75, 3.05) is 13.9 Å². The third-order valence-corrected chi connectivity index (χ3v) is 9.44. The predicted molar refractivity (Wildman–Crippen MR) is 103 cm³/mol. The molecule has 4 aliphatic rings. The fourth-order valence-corrected chi connectivity index (χ4v) is 8.14. The molecule has 0 N–H and O–H groups in total. The first-order valence-corrected chi connectivity index (χ1v) is 11.0. The highest BCUT2D eigenvalue weighted by Gasteiger charge is 2.63.